The van der Waals surface area contributed by atoms with E-state index in [4.69, 9.17) is 11.6 Å². The molecule has 4 heteroatoms. The molecule has 2 N–H and O–H groups in total. The Bertz CT molecular complexity index is 826. The van der Waals surface area contributed by atoms with Crippen LogP contribution in [-0.2, 0) is 10.2 Å². The zero-order chi connectivity index (χ0) is 18.4. The summed E-state index contributed by atoms with van der Waals surface area (Å²) in [4.78, 5) is 10.5. The van der Waals surface area contributed by atoms with Gasteiger partial charge < -0.3 is 10.6 Å². The first-order chi connectivity index (χ1) is 13.1. The summed E-state index contributed by atoms with van der Waals surface area (Å²) in [5.74, 6) is 2.81. The largest absolute Gasteiger partial charge is 0.354 e. The molecule has 0 heterocycles. The van der Waals surface area contributed by atoms with Gasteiger partial charge in [-0.2, -0.15) is 0 Å². The molecule has 2 aromatic rings. The standard InChI is InChI=1S/C23H25ClN2O/c24-21-10-18(23-11-15-7-16(12-23)9-17(8-15)13-23)1-6-22(21)26-20-4-2-19(3-5-20)25-14-27/h1-6,10,14-17,26H,7-9,11-13H2,(H,25,27). The molecule has 0 spiro atoms. The predicted octanol–water partition coefficient (Wildman–Crippen LogP) is 6.12. The number of hydrogen-bond donors (Lipinski definition) is 2. The molecule has 0 unspecified atom stereocenters. The van der Waals surface area contributed by atoms with Gasteiger partial charge in [0.25, 0.3) is 0 Å². The molecule has 0 aromatic heterocycles. The minimum atomic E-state index is 0.374. The first-order valence-corrected chi connectivity index (χ1v) is 10.4. The van der Waals surface area contributed by atoms with E-state index in [2.05, 4.69) is 28.8 Å². The van der Waals surface area contributed by atoms with E-state index in [0.29, 0.717) is 11.8 Å². The molecule has 4 aliphatic rings. The molecule has 4 saturated carbocycles. The first-order valence-electron chi connectivity index (χ1n) is 10.0. The molecule has 4 bridgehead atoms. The van der Waals surface area contributed by atoms with Crippen LogP contribution in [0.2, 0.25) is 5.02 Å². The van der Waals surface area contributed by atoms with Gasteiger partial charge in [0.2, 0.25) is 6.41 Å². The lowest BCUT2D eigenvalue weighted by Gasteiger charge is -2.57. The van der Waals surface area contributed by atoms with Crippen molar-refractivity contribution in [1.29, 1.82) is 0 Å². The van der Waals surface area contributed by atoms with E-state index in [-0.39, 0.29) is 0 Å². The van der Waals surface area contributed by atoms with Crippen molar-refractivity contribution in [3.63, 3.8) is 0 Å². The summed E-state index contributed by atoms with van der Waals surface area (Å²) in [7, 11) is 0. The summed E-state index contributed by atoms with van der Waals surface area (Å²) >= 11 is 6.68. The van der Waals surface area contributed by atoms with E-state index in [9.17, 15) is 4.79 Å². The van der Waals surface area contributed by atoms with Crippen molar-refractivity contribution in [3.8, 4) is 0 Å². The fourth-order valence-corrected chi connectivity index (χ4v) is 6.51. The zero-order valence-corrected chi connectivity index (χ0v) is 16.1. The minimum absolute atomic E-state index is 0.374. The Morgan fingerprint density at radius 2 is 1.48 bits per heavy atom. The summed E-state index contributed by atoms with van der Waals surface area (Å²) in [6.07, 6.45) is 9.13. The number of rotatable bonds is 5. The average molecular weight is 381 g/mol. The van der Waals surface area contributed by atoms with Crippen LogP contribution in [0.3, 0.4) is 0 Å². The lowest BCUT2D eigenvalue weighted by Crippen LogP contribution is -2.48. The molecule has 0 aliphatic heterocycles. The topological polar surface area (TPSA) is 41.1 Å². The number of benzene rings is 2. The molecular formula is C23H25ClN2O. The van der Waals surface area contributed by atoms with Crippen LogP contribution in [0, 0.1) is 17.8 Å². The molecule has 1 amide bonds. The number of amides is 1. The molecule has 3 nitrogen and oxygen atoms in total. The second-order valence-electron chi connectivity index (χ2n) is 8.86. The summed E-state index contributed by atoms with van der Waals surface area (Å²) in [5, 5.41) is 6.83. The Balaban J connectivity index is 1.37. The third kappa shape index (κ3) is 3.12. The number of carbonyl (C=O) groups excluding carboxylic acids is 1. The van der Waals surface area contributed by atoms with Gasteiger partial charge >= 0.3 is 0 Å². The highest BCUT2D eigenvalue weighted by Crippen LogP contribution is 2.61. The normalized spacial score (nSPS) is 30.9. The van der Waals surface area contributed by atoms with Crippen molar-refractivity contribution in [2.24, 2.45) is 17.8 Å². The number of hydrogen-bond acceptors (Lipinski definition) is 2. The molecular weight excluding hydrogens is 356 g/mol. The number of anilines is 3. The fourth-order valence-electron chi connectivity index (χ4n) is 6.28. The van der Waals surface area contributed by atoms with Gasteiger partial charge in [-0.25, -0.2) is 0 Å². The highest BCUT2D eigenvalue weighted by atomic mass is 35.5. The molecule has 6 rings (SSSR count). The average Bonchev–Trinajstić information content (AvgIpc) is 2.64. The van der Waals surface area contributed by atoms with Crippen LogP contribution in [0.15, 0.2) is 42.5 Å². The SMILES string of the molecule is O=CNc1ccc(Nc2ccc(C34CC5CC(CC(C5)C3)C4)cc2Cl)cc1. The minimum Gasteiger partial charge on any atom is -0.354 e. The molecule has 0 radical (unpaired) electrons. The van der Waals surface area contributed by atoms with Gasteiger partial charge in [-0.15, -0.1) is 0 Å². The monoisotopic (exact) mass is 380 g/mol. The Kier molecular flexibility index (Phi) is 4.16. The maximum Gasteiger partial charge on any atom is 0.211 e. The molecule has 140 valence electrons. The van der Waals surface area contributed by atoms with Gasteiger partial charge in [0.05, 0.1) is 10.7 Å². The van der Waals surface area contributed by atoms with Gasteiger partial charge in [0, 0.05) is 11.4 Å². The Hall–Kier alpha value is -2.00. The zero-order valence-electron chi connectivity index (χ0n) is 15.4. The van der Waals surface area contributed by atoms with E-state index >= 15 is 0 Å². The van der Waals surface area contributed by atoms with Crippen molar-refractivity contribution < 1.29 is 4.79 Å². The second kappa shape index (κ2) is 6.56. The van der Waals surface area contributed by atoms with Crippen LogP contribution in [0.4, 0.5) is 17.1 Å². The summed E-state index contributed by atoms with van der Waals surface area (Å²) in [6.45, 7) is 0. The number of nitrogens with one attached hydrogen (secondary N) is 2. The third-order valence-electron chi connectivity index (χ3n) is 7.01. The Labute approximate surface area is 165 Å². The Morgan fingerprint density at radius 3 is 2.04 bits per heavy atom. The summed E-state index contributed by atoms with van der Waals surface area (Å²) < 4.78 is 0. The number of carbonyl (C=O) groups is 1. The van der Waals surface area contributed by atoms with Crippen molar-refractivity contribution in [3.05, 3.63) is 53.1 Å². The van der Waals surface area contributed by atoms with Crippen molar-refractivity contribution >= 4 is 35.1 Å². The first kappa shape index (κ1) is 17.1. The van der Waals surface area contributed by atoms with E-state index < -0.39 is 0 Å². The molecule has 0 saturated heterocycles. The molecule has 4 fully saturated rings. The van der Waals surface area contributed by atoms with Gasteiger partial charge in [-0.3, -0.25) is 4.79 Å². The van der Waals surface area contributed by atoms with Crippen molar-refractivity contribution in [1.82, 2.24) is 0 Å². The fraction of sp³-hybridized carbons (Fsp3) is 0.435. The maximum atomic E-state index is 10.5. The van der Waals surface area contributed by atoms with Gasteiger partial charge in [-0.1, -0.05) is 17.7 Å². The van der Waals surface area contributed by atoms with Crippen LogP contribution in [-0.4, -0.2) is 6.41 Å². The summed E-state index contributed by atoms with van der Waals surface area (Å²) in [6, 6.07) is 14.3. The smallest absolute Gasteiger partial charge is 0.211 e. The lowest BCUT2D eigenvalue weighted by molar-refractivity contribution is -0.105. The maximum absolute atomic E-state index is 10.5. The van der Waals surface area contributed by atoms with Crippen LogP contribution in [0.25, 0.3) is 0 Å². The summed E-state index contributed by atoms with van der Waals surface area (Å²) in [5.41, 5.74) is 4.48. The number of halogens is 1. The van der Waals surface area contributed by atoms with E-state index in [0.717, 1.165) is 39.8 Å². The van der Waals surface area contributed by atoms with Crippen molar-refractivity contribution in [2.75, 3.05) is 10.6 Å². The van der Waals surface area contributed by atoms with Gasteiger partial charge in [0.1, 0.15) is 0 Å². The van der Waals surface area contributed by atoms with E-state index in [1.165, 1.54) is 44.1 Å². The molecule has 0 atom stereocenters. The van der Waals surface area contributed by atoms with Crippen LogP contribution in [0.5, 0.6) is 0 Å². The predicted molar refractivity (Wildman–Crippen MR) is 111 cm³/mol. The van der Waals surface area contributed by atoms with Crippen LogP contribution >= 0.6 is 11.6 Å². The molecule has 2 aromatic carbocycles. The second-order valence-corrected chi connectivity index (χ2v) is 9.26. The Morgan fingerprint density at radius 1 is 0.889 bits per heavy atom. The highest BCUT2D eigenvalue weighted by molar-refractivity contribution is 6.33. The van der Waals surface area contributed by atoms with E-state index in [1.807, 2.05) is 24.3 Å². The third-order valence-corrected chi connectivity index (χ3v) is 7.32. The van der Waals surface area contributed by atoms with E-state index in [1.54, 1.807) is 0 Å². The van der Waals surface area contributed by atoms with Gasteiger partial charge in [-0.05, 0) is 104 Å². The van der Waals surface area contributed by atoms with Crippen LogP contribution < -0.4 is 10.6 Å². The van der Waals surface area contributed by atoms with Crippen LogP contribution in [0.1, 0.15) is 44.1 Å². The van der Waals surface area contributed by atoms with Gasteiger partial charge in [0.15, 0.2) is 0 Å². The molecule has 4 aliphatic carbocycles. The lowest BCUT2D eigenvalue weighted by atomic mass is 9.48. The highest BCUT2D eigenvalue weighted by Gasteiger charge is 2.51. The van der Waals surface area contributed by atoms with Crippen molar-refractivity contribution in [2.45, 2.75) is 43.9 Å². The quantitative estimate of drug-likeness (QED) is 0.613. The molecule has 27 heavy (non-hydrogen) atoms.